The van der Waals surface area contributed by atoms with Crippen LogP contribution in [0.5, 0.6) is 23.0 Å². The van der Waals surface area contributed by atoms with E-state index in [2.05, 4.69) is 17.1 Å². The molecule has 0 spiro atoms. The van der Waals surface area contributed by atoms with Gasteiger partial charge in [-0.3, -0.25) is 4.79 Å². The molecule has 2 heterocycles. The molecule has 9 nitrogen and oxygen atoms in total. The van der Waals surface area contributed by atoms with E-state index >= 15 is 0 Å². The van der Waals surface area contributed by atoms with Crippen LogP contribution in [0.1, 0.15) is 38.0 Å². The second-order valence-electron chi connectivity index (χ2n) is 7.97. The molecule has 9 heteroatoms. The van der Waals surface area contributed by atoms with E-state index in [0.717, 1.165) is 24.2 Å². The third-order valence-corrected chi connectivity index (χ3v) is 5.76. The van der Waals surface area contributed by atoms with Crippen LogP contribution in [0.2, 0.25) is 0 Å². The second kappa shape index (κ2) is 10.5. The summed E-state index contributed by atoms with van der Waals surface area (Å²) < 4.78 is 27.5. The lowest BCUT2D eigenvalue weighted by molar-refractivity contribution is -0.117. The van der Waals surface area contributed by atoms with Crippen molar-refractivity contribution < 1.29 is 28.3 Å². The minimum Gasteiger partial charge on any atom is -0.494 e. The summed E-state index contributed by atoms with van der Waals surface area (Å²) in [5.74, 6) is 2.89. The van der Waals surface area contributed by atoms with Gasteiger partial charge in [0.25, 0.3) is 0 Å². The van der Waals surface area contributed by atoms with Crippen LogP contribution in [0, 0.1) is 0 Å². The maximum Gasteiger partial charge on any atom is 0.232 e. The minimum absolute atomic E-state index is 0.0485. The van der Waals surface area contributed by atoms with E-state index in [1.807, 2.05) is 24.3 Å². The number of nitrogens with zero attached hydrogens (tertiary/aromatic N) is 3. The highest BCUT2D eigenvalue weighted by molar-refractivity contribution is 5.97. The van der Waals surface area contributed by atoms with E-state index < -0.39 is 0 Å². The first-order valence-electron chi connectivity index (χ1n) is 11.2. The van der Waals surface area contributed by atoms with Crippen molar-refractivity contribution in [1.82, 2.24) is 10.1 Å². The van der Waals surface area contributed by atoms with Crippen molar-refractivity contribution in [2.24, 2.45) is 0 Å². The number of methoxy groups -OCH3 is 3. The third-order valence-electron chi connectivity index (χ3n) is 5.76. The van der Waals surface area contributed by atoms with Crippen LogP contribution in [0.15, 0.2) is 40.9 Å². The maximum absolute atomic E-state index is 12.8. The molecule has 1 aliphatic rings. The predicted octanol–water partition coefficient (Wildman–Crippen LogP) is 4.46. The fourth-order valence-corrected chi connectivity index (χ4v) is 3.90. The average Bonchev–Trinajstić information content (AvgIpc) is 3.51. The number of carbonyl (C=O) groups is 1. The zero-order valence-electron chi connectivity index (χ0n) is 19.9. The number of hydrogen-bond donors (Lipinski definition) is 0. The second-order valence-corrected chi connectivity index (χ2v) is 7.97. The number of aromatic nitrogens is 2. The van der Waals surface area contributed by atoms with Crippen molar-refractivity contribution in [3.05, 3.63) is 42.3 Å². The van der Waals surface area contributed by atoms with Crippen molar-refractivity contribution in [3.63, 3.8) is 0 Å². The number of amides is 1. The van der Waals surface area contributed by atoms with Gasteiger partial charge in [-0.25, -0.2) is 0 Å². The van der Waals surface area contributed by atoms with Gasteiger partial charge in [0.05, 0.1) is 39.5 Å². The van der Waals surface area contributed by atoms with Crippen molar-refractivity contribution >= 4 is 11.6 Å². The smallest absolute Gasteiger partial charge is 0.232 e. The highest BCUT2D eigenvalue weighted by Crippen LogP contribution is 2.43. The van der Waals surface area contributed by atoms with E-state index in [1.165, 1.54) is 7.11 Å². The molecule has 0 aliphatic carbocycles. The van der Waals surface area contributed by atoms with Crippen LogP contribution in [0.3, 0.4) is 0 Å². The Hall–Kier alpha value is -3.75. The Bertz CT molecular complexity index is 1100. The van der Waals surface area contributed by atoms with E-state index in [9.17, 15) is 4.79 Å². The van der Waals surface area contributed by atoms with E-state index in [0.29, 0.717) is 47.8 Å². The largest absolute Gasteiger partial charge is 0.494 e. The molecule has 3 aromatic rings. The number of hydrogen-bond acceptors (Lipinski definition) is 8. The number of benzene rings is 2. The SMILES string of the molecule is CCCCOc1ccc(-c2noc(C3CC(=O)N(c4cc(OC)c(OC)c(OC)c4)C3)n2)cc1. The molecule has 4 rings (SSSR count). The number of rotatable bonds is 10. The van der Waals surface area contributed by atoms with Gasteiger partial charge in [0, 0.05) is 30.7 Å². The first-order valence-corrected chi connectivity index (χ1v) is 11.2. The van der Waals surface area contributed by atoms with Crippen LogP contribution in [0.25, 0.3) is 11.4 Å². The van der Waals surface area contributed by atoms with Crippen LogP contribution >= 0.6 is 0 Å². The van der Waals surface area contributed by atoms with Crippen LogP contribution in [-0.4, -0.2) is 50.5 Å². The Morgan fingerprint density at radius 1 is 1.06 bits per heavy atom. The molecule has 0 radical (unpaired) electrons. The fourth-order valence-electron chi connectivity index (χ4n) is 3.90. The molecule has 180 valence electrons. The van der Waals surface area contributed by atoms with Crippen molar-refractivity contribution in [1.29, 1.82) is 0 Å². The first-order chi connectivity index (χ1) is 16.6. The fraction of sp³-hybridized carbons (Fsp3) is 0.400. The summed E-state index contributed by atoms with van der Waals surface area (Å²) >= 11 is 0. The van der Waals surface area contributed by atoms with Crippen molar-refractivity contribution in [2.45, 2.75) is 32.1 Å². The van der Waals surface area contributed by atoms with Crippen LogP contribution in [0.4, 0.5) is 5.69 Å². The zero-order valence-corrected chi connectivity index (χ0v) is 19.9. The molecule has 1 amide bonds. The minimum atomic E-state index is -0.218. The third kappa shape index (κ3) is 4.78. The number of ether oxygens (including phenoxy) is 4. The summed E-state index contributed by atoms with van der Waals surface area (Å²) in [6.07, 6.45) is 2.37. The monoisotopic (exact) mass is 467 g/mol. The summed E-state index contributed by atoms with van der Waals surface area (Å²) in [5.41, 5.74) is 1.48. The van der Waals surface area contributed by atoms with Gasteiger partial charge in [0.1, 0.15) is 5.75 Å². The van der Waals surface area contributed by atoms with Gasteiger partial charge >= 0.3 is 0 Å². The number of unbranched alkanes of at least 4 members (excludes halogenated alkanes) is 1. The normalized spacial score (nSPS) is 15.5. The first kappa shape index (κ1) is 23.4. The molecule has 1 aromatic heterocycles. The lowest BCUT2D eigenvalue weighted by atomic mass is 10.1. The van der Waals surface area contributed by atoms with Gasteiger partial charge in [0.15, 0.2) is 11.5 Å². The maximum atomic E-state index is 12.8. The Morgan fingerprint density at radius 2 is 1.76 bits per heavy atom. The molecule has 34 heavy (non-hydrogen) atoms. The molecule has 0 bridgehead atoms. The summed E-state index contributed by atoms with van der Waals surface area (Å²) in [5, 5.41) is 4.12. The highest BCUT2D eigenvalue weighted by Gasteiger charge is 2.36. The van der Waals surface area contributed by atoms with E-state index in [4.69, 9.17) is 23.5 Å². The van der Waals surface area contributed by atoms with Gasteiger partial charge in [-0.15, -0.1) is 0 Å². The van der Waals surface area contributed by atoms with Crippen LogP contribution < -0.4 is 23.8 Å². The molecule has 1 aliphatic heterocycles. The summed E-state index contributed by atoms with van der Waals surface area (Å²) in [7, 11) is 4.62. The molecule has 1 atom stereocenters. The van der Waals surface area contributed by atoms with Crippen molar-refractivity contribution in [3.8, 4) is 34.4 Å². The predicted molar refractivity (Wildman–Crippen MR) is 126 cm³/mol. The van der Waals surface area contributed by atoms with Gasteiger partial charge in [-0.2, -0.15) is 4.98 Å². The number of anilines is 1. The summed E-state index contributed by atoms with van der Waals surface area (Å²) in [6.45, 7) is 3.23. The zero-order chi connectivity index (χ0) is 24.1. The van der Waals surface area contributed by atoms with Gasteiger partial charge in [0.2, 0.25) is 23.4 Å². The lowest BCUT2D eigenvalue weighted by Crippen LogP contribution is -2.24. The number of carbonyl (C=O) groups excluding carboxylic acids is 1. The summed E-state index contributed by atoms with van der Waals surface area (Å²) in [4.78, 5) is 19.1. The molecule has 0 N–H and O–H groups in total. The lowest BCUT2D eigenvalue weighted by Gasteiger charge is -2.20. The molecule has 2 aromatic carbocycles. The molecule has 0 saturated carbocycles. The molecule has 1 unspecified atom stereocenters. The van der Waals surface area contributed by atoms with Gasteiger partial charge in [-0.05, 0) is 30.7 Å². The Kier molecular flexibility index (Phi) is 7.20. The van der Waals surface area contributed by atoms with Gasteiger partial charge < -0.3 is 28.4 Å². The average molecular weight is 468 g/mol. The van der Waals surface area contributed by atoms with Crippen LogP contribution in [-0.2, 0) is 4.79 Å². The summed E-state index contributed by atoms with van der Waals surface area (Å²) in [6, 6.07) is 11.1. The van der Waals surface area contributed by atoms with E-state index in [1.54, 1.807) is 31.3 Å². The van der Waals surface area contributed by atoms with E-state index in [-0.39, 0.29) is 18.2 Å². The Morgan fingerprint density at radius 3 is 2.38 bits per heavy atom. The molecular formula is C25H29N3O6. The standard InChI is InChI=1S/C25H29N3O6/c1-5-6-11-33-19-9-7-16(8-10-19)24-26-25(34-27-24)17-12-22(29)28(15-17)18-13-20(30-2)23(32-4)21(14-18)31-3/h7-10,13-14,17H,5-6,11-12,15H2,1-4H3. The Balaban J connectivity index is 1.49. The van der Waals surface area contributed by atoms with Gasteiger partial charge in [-0.1, -0.05) is 18.5 Å². The van der Waals surface area contributed by atoms with Crippen molar-refractivity contribution in [2.75, 3.05) is 39.4 Å². The quantitative estimate of drug-likeness (QED) is 0.403. The molecule has 1 saturated heterocycles. The molecular weight excluding hydrogens is 438 g/mol. The Labute approximate surface area is 198 Å². The topological polar surface area (TPSA) is 96.2 Å². The highest BCUT2D eigenvalue weighted by atomic mass is 16.5. The molecule has 1 fully saturated rings.